The number of amides is 3. The fraction of sp³-hybridized carbons (Fsp3) is 0.364. The van der Waals surface area contributed by atoms with Crippen molar-refractivity contribution < 1.29 is 19.1 Å². The van der Waals surface area contributed by atoms with Gasteiger partial charge in [0.1, 0.15) is 6.61 Å². The van der Waals surface area contributed by atoms with Crippen LogP contribution in [0, 0.1) is 0 Å². The number of para-hydroxylation sites is 2. The molecule has 1 saturated heterocycles. The minimum absolute atomic E-state index is 0.102. The van der Waals surface area contributed by atoms with Gasteiger partial charge >= 0.3 is 6.03 Å². The number of carbonyl (C=O) groups is 2. The summed E-state index contributed by atoms with van der Waals surface area (Å²) in [6, 6.07) is 15.0. The Labute approximate surface area is 170 Å². The third-order valence-electron chi connectivity index (χ3n) is 5.25. The van der Waals surface area contributed by atoms with Gasteiger partial charge in [0.2, 0.25) is 6.10 Å². The maximum atomic E-state index is 12.8. The van der Waals surface area contributed by atoms with E-state index in [1.165, 1.54) is 5.56 Å². The summed E-state index contributed by atoms with van der Waals surface area (Å²) in [5.74, 6) is 1.14. The molecule has 2 aromatic rings. The normalized spacial score (nSPS) is 18.3. The highest BCUT2D eigenvalue weighted by Crippen LogP contribution is 2.31. The van der Waals surface area contributed by atoms with Crippen LogP contribution in [0.25, 0.3) is 0 Å². The predicted molar refractivity (Wildman–Crippen MR) is 109 cm³/mol. The van der Waals surface area contributed by atoms with Gasteiger partial charge in [-0.15, -0.1) is 0 Å². The van der Waals surface area contributed by atoms with Gasteiger partial charge in [-0.2, -0.15) is 0 Å². The molecule has 1 fully saturated rings. The predicted octanol–water partition coefficient (Wildman–Crippen LogP) is 2.77. The van der Waals surface area contributed by atoms with Crippen LogP contribution in [-0.4, -0.2) is 60.6 Å². The Bertz CT molecular complexity index is 893. The van der Waals surface area contributed by atoms with E-state index in [1.54, 1.807) is 15.9 Å². The van der Waals surface area contributed by atoms with Crippen LogP contribution in [0.15, 0.2) is 48.5 Å². The van der Waals surface area contributed by atoms with E-state index in [9.17, 15) is 9.59 Å². The van der Waals surface area contributed by atoms with Crippen LogP contribution in [0.2, 0.25) is 0 Å². The van der Waals surface area contributed by atoms with E-state index in [2.05, 4.69) is 12.2 Å². The number of hydrogen-bond acceptors (Lipinski definition) is 4. The van der Waals surface area contributed by atoms with E-state index in [4.69, 9.17) is 9.47 Å². The van der Waals surface area contributed by atoms with Gasteiger partial charge in [-0.1, -0.05) is 31.2 Å². The lowest BCUT2D eigenvalue weighted by Gasteiger charge is -2.37. The van der Waals surface area contributed by atoms with Crippen molar-refractivity contribution in [3.05, 3.63) is 54.1 Å². The smallest absolute Gasteiger partial charge is 0.321 e. The van der Waals surface area contributed by atoms with Gasteiger partial charge in [0, 0.05) is 31.9 Å². The summed E-state index contributed by atoms with van der Waals surface area (Å²) < 4.78 is 11.5. The zero-order chi connectivity index (χ0) is 20.2. The van der Waals surface area contributed by atoms with Crippen LogP contribution in [0.5, 0.6) is 11.5 Å². The van der Waals surface area contributed by atoms with Crippen LogP contribution >= 0.6 is 0 Å². The standard InChI is InChI=1S/C22H25N3O4/c1-2-16-6-5-7-17(14-16)23-22(27)25-12-10-24(11-13-25)21(26)20-15-28-18-8-3-4-9-19(18)29-20/h3-9,14,20H,2,10-13,15H2,1H3,(H,23,27). The monoisotopic (exact) mass is 395 g/mol. The molecular weight excluding hydrogens is 370 g/mol. The minimum atomic E-state index is -0.651. The van der Waals surface area contributed by atoms with Gasteiger partial charge in [-0.05, 0) is 36.2 Å². The molecule has 7 nitrogen and oxygen atoms in total. The molecular formula is C22H25N3O4. The summed E-state index contributed by atoms with van der Waals surface area (Å²) in [7, 11) is 0. The number of hydrogen-bond donors (Lipinski definition) is 1. The van der Waals surface area contributed by atoms with E-state index < -0.39 is 6.10 Å². The zero-order valence-electron chi connectivity index (χ0n) is 16.5. The fourth-order valence-electron chi connectivity index (χ4n) is 3.55. The second kappa shape index (κ2) is 8.43. The van der Waals surface area contributed by atoms with E-state index >= 15 is 0 Å². The molecule has 3 amide bonds. The zero-order valence-corrected chi connectivity index (χ0v) is 16.5. The van der Waals surface area contributed by atoms with Crippen molar-refractivity contribution in [2.75, 3.05) is 38.1 Å². The average molecular weight is 395 g/mol. The van der Waals surface area contributed by atoms with Crippen molar-refractivity contribution in [1.29, 1.82) is 0 Å². The summed E-state index contributed by atoms with van der Waals surface area (Å²) in [4.78, 5) is 28.8. The number of fused-ring (bicyclic) bond motifs is 1. The quantitative estimate of drug-likeness (QED) is 0.868. The number of carbonyl (C=O) groups excluding carboxylic acids is 2. The van der Waals surface area contributed by atoms with Crippen LogP contribution in [0.3, 0.4) is 0 Å². The lowest BCUT2D eigenvalue weighted by molar-refractivity contribution is -0.142. The van der Waals surface area contributed by atoms with Crippen molar-refractivity contribution in [3.8, 4) is 11.5 Å². The van der Waals surface area contributed by atoms with Crippen molar-refractivity contribution in [1.82, 2.24) is 9.80 Å². The summed E-state index contributed by atoms with van der Waals surface area (Å²) >= 11 is 0. The Morgan fingerprint density at radius 3 is 2.48 bits per heavy atom. The molecule has 7 heteroatoms. The number of urea groups is 1. The summed E-state index contributed by atoms with van der Waals surface area (Å²) in [5.41, 5.74) is 1.97. The van der Waals surface area contributed by atoms with Gasteiger partial charge < -0.3 is 24.6 Å². The minimum Gasteiger partial charge on any atom is -0.485 e. The van der Waals surface area contributed by atoms with Gasteiger partial charge in [0.25, 0.3) is 5.91 Å². The molecule has 1 N–H and O–H groups in total. The Balaban J connectivity index is 1.30. The molecule has 2 aromatic carbocycles. The van der Waals surface area contributed by atoms with Gasteiger partial charge in [-0.3, -0.25) is 4.79 Å². The first kappa shape index (κ1) is 19.1. The highest BCUT2D eigenvalue weighted by Gasteiger charge is 2.33. The number of ether oxygens (including phenoxy) is 2. The first-order valence-electron chi connectivity index (χ1n) is 9.96. The summed E-state index contributed by atoms with van der Waals surface area (Å²) in [5, 5.41) is 2.94. The van der Waals surface area contributed by atoms with Gasteiger partial charge in [-0.25, -0.2) is 4.79 Å². The van der Waals surface area contributed by atoms with E-state index in [-0.39, 0.29) is 18.5 Å². The molecule has 2 heterocycles. The lowest BCUT2D eigenvalue weighted by atomic mass is 10.1. The summed E-state index contributed by atoms with van der Waals surface area (Å²) in [6.45, 7) is 4.19. The van der Waals surface area contributed by atoms with Gasteiger partial charge in [0.05, 0.1) is 0 Å². The molecule has 2 aliphatic heterocycles. The first-order valence-corrected chi connectivity index (χ1v) is 9.96. The topological polar surface area (TPSA) is 71.1 Å². The largest absolute Gasteiger partial charge is 0.485 e. The summed E-state index contributed by atoms with van der Waals surface area (Å²) in [6.07, 6.45) is 0.268. The number of nitrogens with zero attached hydrogens (tertiary/aromatic N) is 2. The number of benzene rings is 2. The van der Waals surface area contributed by atoms with Crippen LogP contribution in [0.4, 0.5) is 10.5 Å². The first-order chi connectivity index (χ1) is 14.1. The highest BCUT2D eigenvalue weighted by atomic mass is 16.6. The molecule has 0 aromatic heterocycles. The highest BCUT2D eigenvalue weighted by molar-refractivity contribution is 5.89. The molecule has 4 rings (SSSR count). The Morgan fingerprint density at radius 2 is 1.72 bits per heavy atom. The Hall–Kier alpha value is -3.22. The van der Waals surface area contributed by atoms with Crippen molar-refractivity contribution in [3.63, 3.8) is 0 Å². The number of piperazine rings is 1. The Kier molecular flexibility index (Phi) is 5.55. The third kappa shape index (κ3) is 4.29. The Morgan fingerprint density at radius 1 is 1.00 bits per heavy atom. The maximum absolute atomic E-state index is 12.8. The SMILES string of the molecule is CCc1cccc(NC(=O)N2CCN(C(=O)C3COc4ccccc4O3)CC2)c1. The molecule has 0 radical (unpaired) electrons. The van der Waals surface area contributed by atoms with E-state index in [1.807, 2.05) is 42.5 Å². The fourth-order valence-corrected chi connectivity index (χ4v) is 3.55. The van der Waals surface area contributed by atoms with Crippen molar-refractivity contribution in [2.24, 2.45) is 0 Å². The number of aryl methyl sites for hydroxylation is 1. The molecule has 0 bridgehead atoms. The van der Waals surface area contributed by atoms with Crippen molar-refractivity contribution in [2.45, 2.75) is 19.4 Å². The molecule has 29 heavy (non-hydrogen) atoms. The molecule has 1 atom stereocenters. The lowest BCUT2D eigenvalue weighted by Crippen LogP contribution is -2.55. The average Bonchev–Trinajstić information content (AvgIpc) is 2.78. The number of rotatable bonds is 3. The molecule has 1 unspecified atom stereocenters. The molecule has 0 spiro atoms. The van der Waals surface area contributed by atoms with Crippen molar-refractivity contribution >= 4 is 17.6 Å². The van der Waals surface area contributed by atoms with E-state index in [0.29, 0.717) is 37.7 Å². The molecule has 152 valence electrons. The third-order valence-corrected chi connectivity index (χ3v) is 5.25. The molecule has 2 aliphatic rings. The van der Waals surface area contributed by atoms with Crippen LogP contribution < -0.4 is 14.8 Å². The number of anilines is 1. The second-order valence-corrected chi connectivity index (χ2v) is 7.16. The maximum Gasteiger partial charge on any atom is 0.321 e. The molecule has 0 saturated carbocycles. The van der Waals surface area contributed by atoms with Crippen LogP contribution in [0.1, 0.15) is 12.5 Å². The van der Waals surface area contributed by atoms with E-state index in [0.717, 1.165) is 12.1 Å². The number of nitrogens with one attached hydrogen (secondary N) is 1. The second-order valence-electron chi connectivity index (χ2n) is 7.16. The molecule has 0 aliphatic carbocycles. The van der Waals surface area contributed by atoms with Gasteiger partial charge in [0.15, 0.2) is 11.5 Å². The van der Waals surface area contributed by atoms with Crippen LogP contribution in [-0.2, 0) is 11.2 Å².